The summed E-state index contributed by atoms with van der Waals surface area (Å²) < 4.78 is 120. The second kappa shape index (κ2) is 8.17. The highest BCUT2D eigenvalue weighted by molar-refractivity contribution is 6.05. The van der Waals surface area contributed by atoms with Crippen molar-refractivity contribution in [2.24, 2.45) is 0 Å². The molecule has 3 N–H and O–H groups in total. The molecule has 33 heavy (non-hydrogen) atoms. The Morgan fingerprint density at radius 2 is 1.42 bits per heavy atom. The summed E-state index contributed by atoms with van der Waals surface area (Å²) in [4.78, 5) is 12.4. The van der Waals surface area contributed by atoms with Crippen molar-refractivity contribution in [2.45, 2.75) is 37.8 Å². The molecule has 1 unspecified atom stereocenters. The van der Waals surface area contributed by atoms with Crippen LogP contribution in [0.3, 0.4) is 0 Å². The van der Waals surface area contributed by atoms with E-state index in [2.05, 4.69) is 5.32 Å². The molecule has 0 radical (unpaired) electrons. The molecular formula is C20H14F9N3O. The highest BCUT2D eigenvalue weighted by atomic mass is 19.4. The molecule has 0 heterocycles. The number of aryl methyl sites for hydroxylation is 2. The SMILES string of the molecule is Cc1cc(C(F)(C(F)(F)F)C(F)(F)C(F)(F)F)cc(C)c1NC(=O)c1ccc(C#N)c(N)c1. The van der Waals surface area contributed by atoms with Crippen LogP contribution in [-0.4, -0.2) is 24.2 Å². The zero-order valence-electron chi connectivity index (χ0n) is 16.7. The Labute approximate surface area is 180 Å². The molecule has 0 saturated carbocycles. The molecule has 2 rings (SSSR count). The van der Waals surface area contributed by atoms with Crippen molar-refractivity contribution in [3.63, 3.8) is 0 Å². The van der Waals surface area contributed by atoms with E-state index in [-0.39, 0.29) is 34.6 Å². The van der Waals surface area contributed by atoms with Crippen LogP contribution in [-0.2, 0) is 5.67 Å². The van der Waals surface area contributed by atoms with Gasteiger partial charge in [0.2, 0.25) is 0 Å². The zero-order valence-corrected chi connectivity index (χ0v) is 16.7. The second-order valence-corrected chi connectivity index (χ2v) is 7.08. The van der Waals surface area contributed by atoms with Crippen molar-refractivity contribution in [3.8, 4) is 6.07 Å². The van der Waals surface area contributed by atoms with Crippen molar-refractivity contribution in [1.29, 1.82) is 5.26 Å². The number of nitriles is 1. The smallest absolute Gasteiger partial charge is 0.398 e. The lowest BCUT2D eigenvalue weighted by Gasteiger charge is -2.36. The van der Waals surface area contributed by atoms with Gasteiger partial charge in [-0.1, -0.05) is 12.1 Å². The topological polar surface area (TPSA) is 78.9 Å². The number of anilines is 2. The molecule has 0 spiro atoms. The summed E-state index contributed by atoms with van der Waals surface area (Å²) in [7, 11) is 0. The van der Waals surface area contributed by atoms with Crippen LogP contribution in [0.4, 0.5) is 50.9 Å². The molecule has 0 aromatic heterocycles. The van der Waals surface area contributed by atoms with Crippen LogP contribution >= 0.6 is 0 Å². The van der Waals surface area contributed by atoms with Crippen LogP contribution in [0.15, 0.2) is 30.3 Å². The molecule has 2 aromatic carbocycles. The average Bonchev–Trinajstić information content (AvgIpc) is 2.67. The molecule has 1 amide bonds. The number of nitrogens with one attached hydrogen (secondary N) is 1. The number of hydrogen-bond donors (Lipinski definition) is 2. The van der Waals surface area contributed by atoms with E-state index >= 15 is 0 Å². The van der Waals surface area contributed by atoms with Gasteiger partial charge >= 0.3 is 23.9 Å². The lowest BCUT2D eigenvalue weighted by molar-refractivity contribution is -0.389. The first kappa shape index (κ1) is 25.8. The van der Waals surface area contributed by atoms with Gasteiger partial charge in [-0.15, -0.1) is 0 Å². The van der Waals surface area contributed by atoms with Gasteiger partial charge in [-0.2, -0.15) is 40.4 Å². The quantitative estimate of drug-likeness (QED) is 0.418. The summed E-state index contributed by atoms with van der Waals surface area (Å²) in [6, 6.07) is 5.60. The molecule has 0 fully saturated rings. The lowest BCUT2D eigenvalue weighted by atomic mass is 9.85. The third kappa shape index (κ3) is 4.29. The van der Waals surface area contributed by atoms with Crippen LogP contribution < -0.4 is 11.1 Å². The Hall–Kier alpha value is -3.43. The van der Waals surface area contributed by atoms with Gasteiger partial charge in [0.25, 0.3) is 5.91 Å². The first-order chi connectivity index (χ1) is 14.9. The zero-order chi connectivity index (χ0) is 25.6. The van der Waals surface area contributed by atoms with Gasteiger partial charge in [0, 0.05) is 16.8 Å². The maximum atomic E-state index is 14.7. The maximum absolute atomic E-state index is 14.7. The average molecular weight is 483 g/mol. The Kier molecular flexibility index (Phi) is 6.39. The van der Waals surface area contributed by atoms with Crippen molar-refractivity contribution in [1.82, 2.24) is 0 Å². The molecule has 4 nitrogen and oxygen atoms in total. The maximum Gasteiger partial charge on any atom is 0.457 e. The van der Waals surface area contributed by atoms with E-state index in [0.717, 1.165) is 19.9 Å². The first-order valence-corrected chi connectivity index (χ1v) is 8.81. The van der Waals surface area contributed by atoms with E-state index in [9.17, 15) is 44.3 Å². The summed E-state index contributed by atoms with van der Waals surface area (Å²) in [5.74, 6) is -7.69. The molecular weight excluding hydrogens is 469 g/mol. The fraction of sp³-hybridized carbons (Fsp3) is 0.300. The van der Waals surface area contributed by atoms with Crippen LogP contribution in [0, 0.1) is 25.2 Å². The van der Waals surface area contributed by atoms with Gasteiger partial charge in [-0.25, -0.2) is 4.39 Å². The Balaban J connectivity index is 2.56. The van der Waals surface area contributed by atoms with Gasteiger partial charge < -0.3 is 11.1 Å². The molecule has 13 heteroatoms. The number of hydrogen-bond acceptors (Lipinski definition) is 3. The van der Waals surface area contributed by atoms with Gasteiger partial charge in [-0.05, 0) is 43.2 Å². The van der Waals surface area contributed by atoms with Crippen molar-refractivity contribution < 1.29 is 44.3 Å². The Morgan fingerprint density at radius 3 is 1.82 bits per heavy atom. The third-order valence-corrected chi connectivity index (χ3v) is 4.78. The summed E-state index contributed by atoms with van der Waals surface area (Å²) in [5, 5.41) is 11.1. The van der Waals surface area contributed by atoms with E-state index in [1.165, 1.54) is 12.1 Å². The van der Waals surface area contributed by atoms with Crippen LogP contribution in [0.1, 0.15) is 32.6 Å². The number of nitrogens with zero attached hydrogens (tertiary/aromatic N) is 1. The van der Waals surface area contributed by atoms with Crippen molar-refractivity contribution >= 4 is 17.3 Å². The minimum absolute atomic E-state index is 0.0558. The van der Waals surface area contributed by atoms with Gasteiger partial charge in [0.15, 0.2) is 0 Å². The van der Waals surface area contributed by atoms with Gasteiger partial charge in [-0.3, -0.25) is 4.79 Å². The largest absolute Gasteiger partial charge is 0.457 e. The molecule has 0 bridgehead atoms. The van der Waals surface area contributed by atoms with Crippen molar-refractivity contribution in [2.75, 3.05) is 11.1 Å². The lowest BCUT2D eigenvalue weighted by Crippen LogP contribution is -2.59. The van der Waals surface area contributed by atoms with E-state index in [1.807, 2.05) is 0 Å². The van der Waals surface area contributed by atoms with Crippen molar-refractivity contribution in [3.05, 3.63) is 58.1 Å². The van der Waals surface area contributed by atoms with Crippen LogP contribution in [0.2, 0.25) is 0 Å². The highest BCUT2D eigenvalue weighted by Gasteiger charge is 2.81. The monoisotopic (exact) mass is 483 g/mol. The molecule has 1 atom stereocenters. The number of carbonyl (C=O) groups excluding carboxylic acids is 1. The van der Waals surface area contributed by atoms with E-state index in [4.69, 9.17) is 11.0 Å². The molecule has 0 aliphatic heterocycles. The number of carbonyl (C=O) groups is 1. The predicted molar refractivity (Wildman–Crippen MR) is 99.3 cm³/mol. The number of alkyl halides is 9. The molecule has 0 aliphatic carbocycles. The van der Waals surface area contributed by atoms with Crippen LogP contribution in [0.25, 0.3) is 0 Å². The minimum Gasteiger partial charge on any atom is -0.398 e. The Bertz CT molecular complexity index is 1110. The minimum atomic E-state index is -6.85. The summed E-state index contributed by atoms with van der Waals surface area (Å²) in [5.41, 5.74) is -3.63. The summed E-state index contributed by atoms with van der Waals surface area (Å²) >= 11 is 0. The fourth-order valence-electron chi connectivity index (χ4n) is 3.07. The normalized spacial score (nSPS) is 14.4. The number of amides is 1. The number of nitrogens with two attached hydrogens (primary N) is 1. The molecule has 0 saturated heterocycles. The molecule has 178 valence electrons. The van der Waals surface area contributed by atoms with Gasteiger partial charge in [0.05, 0.1) is 11.3 Å². The standard InChI is InChI=1S/C20H14F9N3O/c1-9-5-13(17(21,19(24,25)26)18(22,23)20(27,28)29)6-10(2)15(9)32-16(33)11-3-4-12(8-30)14(31)7-11/h3-7H,31H2,1-2H3,(H,32,33). The number of nitrogen functional groups attached to an aromatic ring is 1. The highest BCUT2D eigenvalue weighted by Crippen LogP contribution is 2.58. The molecule has 2 aromatic rings. The number of halogens is 9. The van der Waals surface area contributed by atoms with E-state index < -0.39 is 46.5 Å². The van der Waals surface area contributed by atoms with E-state index in [1.54, 1.807) is 6.07 Å². The molecule has 0 aliphatic rings. The third-order valence-electron chi connectivity index (χ3n) is 4.78. The fourth-order valence-corrected chi connectivity index (χ4v) is 3.07. The van der Waals surface area contributed by atoms with E-state index in [0.29, 0.717) is 0 Å². The number of benzene rings is 2. The van der Waals surface area contributed by atoms with Crippen LogP contribution in [0.5, 0.6) is 0 Å². The summed E-state index contributed by atoms with van der Waals surface area (Å²) in [6.07, 6.45) is -13.5. The Morgan fingerprint density at radius 1 is 0.909 bits per heavy atom. The second-order valence-electron chi connectivity index (χ2n) is 7.08. The first-order valence-electron chi connectivity index (χ1n) is 8.81. The van der Waals surface area contributed by atoms with Gasteiger partial charge in [0.1, 0.15) is 6.07 Å². The predicted octanol–water partition coefficient (Wildman–Crippen LogP) is 5.93. The number of rotatable bonds is 4. The summed E-state index contributed by atoms with van der Waals surface area (Å²) in [6.45, 7) is 1.98.